The van der Waals surface area contributed by atoms with Gasteiger partial charge in [-0.3, -0.25) is 4.79 Å². The van der Waals surface area contributed by atoms with Gasteiger partial charge in [0, 0.05) is 0 Å². The number of aromatic nitrogens is 3. The number of carboxylic acid groups (broad SMARTS) is 1. The number of hydrogen-bond acceptors (Lipinski definition) is 4. The van der Waals surface area contributed by atoms with Crippen LogP contribution in [0.1, 0.15) is 5.56 Å². The number of phenolic OH excluding ortho intramolecular Hbond substituents is 1. The van der Waals surface area contributed by atoms with E-state index < -0.39 is 5.97 Å². The molecule has 0 fully saturated rings. The van der Waals surface area contributed by atoms with Crippen LogP contribution < -0.4 is 0 Å². The molecule has 100 valence electrons. The molecule has 0 atom stereocenters. The Hall–Kier alpha value is -2.89. The largest absolute Gasteiger partial charge is 0.506 e. The predicted octanol–water partition coefficient (Wildman–Crippen LogP) is 1.75. The molecule has 0 spiro atoms. The van der Waals surface area contributed by atoms with Crippen LogP contribution in [-0.2, 0) is 11.2 Å². The molecule has 0 aliphatic rings. The van der Waals surface area contributed by atoms with Gasteiger partial charge in [-0.2, -0.15) is 0 Å². The summed E-state index contributed by atoms with van der Waals surface area (Å²) in [6.45, 7) is 0. The molecule has 1 heterocycles. The van der Waals surface area contributed by atoms with E-state index >= 15 is 0 Å². The van der Waals surface area contributed by atoms with Crippen LogP contribution in [-0.4, -0.2) is 31.2 Å². The van der Waals surface area contributed by atoms with Gasteiger partial charge in [-0.15, -0.1) is 15.0 Å². The van der Waals surface area contributed by atoms with Crippen LogP contribution in [0.3, 0.4) is 0 Å². The zero-order chi connectivity index (χ0) is 14.1. The number of nitrogens with zero attached hydrogens (tertiary/aromatic N) is 3. The summed E-state index contributed by atoms with van der Waals surface area (Å²) in [5.74, 6) is -0.931. The maximum absolute atomic E-state index is 10.7. The van der Waals surface area contributed by atoms with Crippen LogP contribution in [0.25, 0.3) is 16.7 Å². The van der Waals surface area contributed by atoms with Gasteiger partial charge in [0.2, 0.25) is 0 Å². The molecule has 0 aliphatic heterocycles. The molecule has 0 radical (unpaired) electrons. The number of rotatable bonds is 3. The average molecular weight is 269 g/mol. The van der Waals surface area contributed by atoms with E-state index in [0.717, 1.165) is 0 Å². The number of benzene rings is 2. The molecule has 6 heteroatoms. The van der Waals surface area contributed by atoms with Gasteiger partial charge >= 0.3 is 5.97 Å². The van der Waals surface area contributed by atoms with Crippen molar-refractivity contribution in [2.24, 2.45) is 0 Å². The molecule has 2 aromatic carbocycles. The lowest BCUT2D eigenvalue weighted by Crippen LogP contribution is -2.03. The Labute approximate surface area is 113 Å². The SMILES string of the molecule is O=C(O)Cc1ccc(O)c(-n2nc3ccccc3n2)c1. The minimum Gasteiger partial charge on any atom is -0.506 e. The summed E-state index contributed by atoms with van der Waals surface area (Å²) in [4.78, 5) is 12.1. The van der Waals surface area contributed by atoms with Crippen LogP contribution in [0, 0.1) is 0 Å². The molecule has 3 rings (SSSR count). The number of hydrogen-bond donors (Lipinski definition) is 2. The second-order valence-corrected chi connectivity index (χ2v) is 4.37. The van der Waals surface area contributed by atoms with Gasteiger partial charge < -0.3 is 10.2 Å². The third kappa shape index (κ3) is 2.18. The average Bonchev–Trinajstić information content (AvgIpc) is 2.84. The highest BCUT2D eigenvalue weighted by molar-refractivity contribution is 5.74. The van der Waals surface area contributed by atoms with Crippen molar-refractivity contribution < 1.29 is 15.0 Å². The first-order chi connectivity index (χ1) is 9.63. The van der Waals surface area contributed by atoms with E-state index in [1.807, 2.05) is 24.3 Å². The zero-order valence-corrected chi connectivity index (χ0v) is 10.4. The minimum absolute atomic E-state index is 0.000514. The molecule has 1 aromatic heterocycles. The molecule has 0 saturated heterocycles. The molecule has 0 aliphatic carbocycles. The summed E-state index contributed by atoms with van der Waals surface area (Å²) < 4.78 is 0. The molecular formula is C14H11N3O3. The summed E-state index contributed by atoms with van der Waals surface area (Å²) in [7, 11) is 0. The molecule has 6 nitrogen and oxygen atoms in total. The third-order valence-corrected chi connectivity index (χ3v) is 2.90. The highest BCUT2D eigenvalue weighted by Gasteiger charge is 2.10. The van der Waals surface area contributed by atoms with Crippen LogP contribution in [0.4, 0.5) is 0 Å². The maximum atomic E-state index is 10.7. The number of carboxylic acids is 1. The maximum Gasteiger partial charge on any atom is 0.307 e. The Kier molecular flexibility index (Phi) is 2.83. The molecule has 0 saturated carbocycles. The van der Waals surface area contributed by atoms with Gasteiger partial charge in [0.25, 0.3) is 0 Å². The van der Waals surface area contributed by atoms with Crippen LogP contribution in [0.2, 0.25) is 0 Å². The lowest BCUT2D eigenvalue weighted by Gasteiger charge is -2.05. The summed E-state index contributed by atoms with van der Waals surface area (Å²) in [5.41, 5.74) is 2.35. The first-order valence-corrected chi connectivity index (χ1v) is 5.99. The van der Waals surface area contributed by atoms with Gasteiger partial charge in [0.15, 0.2) is 0 Å². The number of phenols is 1. The quantitative estimate of drug-likeness (QED) is 0.756. The molecule has 20 heavy (non-hydrogen) atoms. The van der Waals surface area contributed by atoms with Crippen molar-refractivity contribution in [3.63, 3.8) is 0 Å². The number of aliphatic carboxylic acids is 1. The first kappa shape index (κ1) is 12.2. The highest BCUT2D eigenvalue weighted by Crippen LogP contribution is 2.23. The van der Waals surface area contributed by atoms with Crippen molar-refractivity contribution in [3.05, 3.63) is 48.0 Å². The van der Waals surface area contributed by atoms with E-state index in [1.54, 1.807) is 12.1 Å². The van der Waals surface area contributed by atoms with Crippen molar-refractivity contribution in [1.29, 1.82) is 0 Å². The van der Waals surface area contributed by atoms with Gasteiger partial charge in [-0.05, 0) is 29.8 Å². The van der Waals surface area contributed by atoms with Crippen molar-refractivity contribution in [1.82, 2.24) is 15.0 Å². The van der Waals surface area contributed by atoms with Crippen LogP contribution >= 0.6 is 0 Å². The monoisotopic (exact) mass is 269 g/mol. The summed E-state index contributed by atoms with van der Waals surface area (Å²) in [6, 6.07) is 11.9. The highest BCUT2D eigenvalue weighted by atomic mass is 16.4. The molecule has 2 N–H and O–H groups in total. The Morgan fingerprint density at radius 1 is 1.10 bits per heavy atom. The van der Waals surface area contributed by atoms with E-state index in [4.69, 9.17) is 5.11 Å². The molecule has 0 unspecified atom stereocenters. The Balaban J connectivity index is 2.10. The lowest BCUT2D eigenvalue weighted by atomic mass is 10.1. The first-order valence-electron chi connectivity index (χ1n) is 5.99. The van der Waals surface area contributed by atoms with Crippen LogP contribution in [0.5, 0.6) is 5.75 Å². The van der Waals surface area contributed by atoms with E-state index in [2.05, 4.69) is 10.2 Å². The van der Waals surface area contributed by atoms with Crippen LogP contribution in [0.15, 0.2) is 42.5 Å². The fraction of sp³-hybridized carbons (Fsp3) is 0.0714. The standard InChI is InChI=1S/C14H11N3O3/c18-13-6-5-9(8-14(19)20)7-12(13)17-15-10-3-1-2-4-11(10)16-17/h1-7,18H,8H2,(H,19,20). The minimum atomic E-state index is -0.930. The van der Waals surface area contributed by atoms with E-state index in [-0.39, 0.29) is 12.2 Å². The Bertz CT molecular complexity index is 762. The second-order valence-electron chi connectivity index (χ2n) is 4.37. The fourth-order valence-corrected chi connectivity index (χ4v) is 1.98. The lowest BCUT2D eigenvalue weighted by molar-refractivity contribution is -0.136. The van der Waals surface area contributed by atoms with Crippen molar-refractivity contribution in [2.75, 3.05) is 0 Å². The number of fused-ring (bicyclic) bond motifs is 1. The second kappa shape index (κ2) is 4.65. The smallest absolute Gasteiger partial charge is 0.307 e. The molecule has 3 aromatic rings. The fourth-order valence-electron chi connectivity index (χ4n) is 1.98. The summed E-state index contributed by atoms with van der Waals surface area (Å²) in [6.07, 6.45) is -0.117. The zero-order valence-electron chi connectivity index (χ0n) is 10.4. The van der Waals surface area contributed by atoms with Crippen molar-refractivity contribution >= 4 is 17.0 Å². The Morgan fingerprint density at radius 2 is 1.75 bits per heavy atom. The summed E-state index contributed by atoms with van der Waals surface area (Å²) >= 11 is 0. The normalized spacial score (nSPS) is 10.8. The molecule has 0 amide bonds. The third-order valence-electron chi connectivity index (χ3n) is 2.90. The Morgan fingerprint density at radius 3 is 2.35 bits per heavy atom. The van der Waals surface area contributed by atoms with Crippen molar-refractivity contribution in [3.8, 4) is 11.4 Å². The topological polar surface area (TPSA) is 88.2 Å². The van der Waals surface area contributed by atoms with Crippen molar-refractivity contribution in [2.45, 2.75) is 6.42 Å². The van der Waals surface area contributed by atoms with E-state index in [1.165, 1.54) is 10.9 Å². The van der Waals surface area contributed by atoms with E-state index in [0.29, 0.717) is 22.3 Å². The molecular weight excluding hydrogens is 258 g/mol. The van der Waals surface area contributed by atoms with Gasteiger partial charge in [-0.25, -0.2) is 0 Å². The van der Waals surface area contributed by atoms with Gasteiger partial charge in [-0.1, -0.05) is 18.2 Å². The molecule has 0 bridgehead atoms. The van der Waals surface area contributed by atoms with Gasteiger partial charge in [0.1, 0.15) is 22.5 Å². The van der Waals surface area contributed by atoms with Gasteiger partial charge in [0.05, 0.1) is 6.42 Å². The summed E-state index contributed by atoms with van der Waals surface area (Å²) in [5, 5.41) is 27.2. The number of carbonyl (C=O) groups is 1. The van der Waals surface area contributed by atoms with E-state index in [9.17, 15) is 9.90 Å². The predicted molar refractivity (Wildman–Crippen MR) is 71.9 cm³/mol. The number of aromatic hydroxyl groups is 1.